The number of carbonyl (C=O) groups excluding carboxylic acids is 1. The maximum atomic E-state index is 12.6. The number of benzene rings is 1. The minimum absolute atomic E-state index is 0. The van der Waals surface area contributed by atoms with Gasteiger partial charge >= 0.3 is 0 Å². The molecule has 29 heavy (non-hydrogen) atoms. The molecule has 0 aromatic heterocycles. The van der Waals surface area contributed by atoms with Crippen molar-refractivity contribution in [1.82, 2.24) is 10.6 Å². The zero-order valence-electron chi connectivity index (χ0n) is 18.0. The maximum Gasteiger partial charge on any atom is 0.220 e. The van der Waals surface area contributed by atoms with Gasteiger partial charge in [0.1, 0.15) is 0 Å². The average Bonchev–Trinajstić information content (AvgIpc) is 3.03. The fourth-order valence-corrected chi connectivity index (χ4v) is 4.59. The highest BCUT2D eigenvalue weighted by Crippen LogP contribution is 2.33. The minimum Gasteiger partial charge on any atom is -0.493 e. The normalized spacial score (nSPS) is 23.8. The monoisotopic (exact) mass is 424 g/mol. The number of halogens is 1. The van der Waals surface area contributed by atoms with Crippen LogP contribution in [0.15, 0.2) is 18.2 Å². The molecule has 3 unspecified atom stereocenters. The predicted octanol–water partition coefficient (Wildman–Crippen LogP) is 4.78. The largest absolute Gasteiger partial charge is 0.493 e. The van der Waals surface area contributed by atoms with E-state index in [0.29, 0.717) is 31.0 Å². The van der Waals surface area contributed by atoms with Crippen LogP contribution < -0.4 is 20.1 Å². The van der Waals surface area contributed by atoms with Gasteiger partial charge in [-0.25, -0.2) is 0 Å². The molecule has 3 rings (SSSR count). The number of amides is 1. The van der Waals surface area contributed by atoms with E-state index in [2.05, 4.69) is 17.6 Å². The Morgan fingerprint density at radius 2 is 1.93 bits per heavy atom. The molecule has 2 saturated heterocycles. The van der Waals surface area contributed by atoms with Crippen molar-refractivity contribution in [2.45, 2.75) is 83.3 Å². The van der Waals surface area contributed by atoms with Crippen LogP contribution in [0.25, 0.3) is 0 Å². The first-order valence-corrected chi connectivity index (χ1v) is 10.9. The Hall–Kier alpha value is -1.46. The molecule has 2 fully saturated rings. The van der Waals surface area contributed by atoms with Crippen LogP contribution in [0.1, 0.15) is 76.8 Å². The van der Waals surface area contributed by atoms with Crippen molar-refractivity contribution in [3.8, 4) is 11.5 Å². The van der Waals surface area contributed by atoms with Crippen LogP contribution in [-0.2, 0) is 4.79 Å². The van der Waals surface area contributed by atoms with Crippen LogP contribution in [0.5, 0.6) is 11.5 Å². The fourth-order valence-electron chi connectivity index (χ4n) is 4.59. The summed E-state index contributed by atoms with van der Waals surface area (Å²) in [6.07, 6.45) is 8.84. The molecule has 2 aliphatic rings. The van der Waals surface area contributed by atoms with Crippen LogP contribution in [0.2, 0.25) is 0 Å². The van der Waals surface area contributed by atoms with Crippen molar-refractivity contribution < 1.29 is 14.3 Å². The number of fused-ring (bicyclic) bond motifs is 2. The van der Waals surface area contributed by atoms with Crippen LogP contribution in [-0.4, -0.2) is 31.7 Å². The number of hydrogen-bond acceptors (Lipinski definition) is 4. The summed E-state index contributed by atoms with van der Waals surface area (Å²) in [5.74, 6) is 2.16. The zero-order chi connectivity index (χ0) is 19.9. The molecule has 3 atom stereocenters. The van der Waals surface area contributed by atoms with Crippen LogP contribution in [0.4, 0.5) is 0 Å². The van der Waals surface area contributed by atoms with Gasteiger partial charge in [0.05, 0.1) is 19.8 Å². The minimum atomic E-state index is -0.0472. The Bertz CT molecular complexity index is 643. The Kier molecular flexibility index (Phi) is 9.57. The van der Waals surface area contributed by atoms with E-state index >= 15 is 0 Å². The molecule has 0 radical (unpaired) electrons. The standard InChI is InChI=1S/C23H36N2O3.ClH/c1-4-5-6-11-28-21-10-7-18(15-22(21)27-3)16(2)24-23(26)14-17-12-19-8-9-20(13-17)25-19;/h7,10,15-17,19-20,25H,4-6,8-9,11-14H2,1-3H3,(H,24,26);1H. The van der Waals surface area contributed by atoms with E-state index in [1.165, 1.54) is 25.7 Å². The molecule has 0 spiro atoms. The van der Waals surface area contributed by atoms with Crippen molar-refractivity contribution in [1.29, 1.82) is 0 Å². The number of nitrogens with one attached hydrogen (secondary N) is 2. The number of piperidine rings is 1. The molecule has 1 aromatic rings. The lowest BCUT2D eigenvalue weighted by molar-refractivity contribution is -0.122. The smallest absolute Gasteiger partial charge is 0.220 e. The third-order valence-electron chi connectivity index (χ3n) is 6.12. The fraction of sp³-hybridized carbons (Fsp3) is 0.696. The molecule has 164 valence electrons. The Labute approximate surface area is 181 Å². The van der Waals surface area contributed by atoms with Crippen molar-refractivity contribution in [2.24, 2.45) is 5.92 Å². The highest BCUT2D eigenvalue weighted by atomic mass is 35.5. The second-order valence-corrected chi connectivity index (χ2v) is 8.43. The molecule has 2 N–H and O–H groups in total. The summed E-state index contributed by atoms with van der Waals surface area (Å²) in [7, 11) is 1.66. The van der Waals surface area contributed by atoms with Crippen molar-refractivity contribution in [3.63, 3.8) is 0 Å². The van der Waals surface area contributed by atoms with Gasteiger partial charge in [-0.3, -0.25) is 4.79 Å². The van der Waals surface area contributed by atoms with E-state index in [-0.39, 0.29) is 24.4 Å². The molecular formula is C23H37ClN2O3. The van der Waals surface area contributed by atoms with Gasteiger partial charge in [-0.15, -0.1) is 12.4 Å². The van der Waals surface area contributed by atoms with Gasteiger partial charge in [-0.05, 0) is 62.6 Å². The molecule has 0 saturated carbocycles. The summed E-state index contributed by atoms with van der Waals surface area (Å²) in [6.45, 7) is 4.91. The molecule has 0 aliphatic carbocycles. The summed E-state index contributed by atoms with van der Waals surface area (Å²) < 4.78 is 11.4. The second kappa shape index (κ2) is 11.7. The summed E-state index contributed by atoms with van der Waals surface area (Å²) in [6, 6.07) is 7.16. The first-order chi connectivity index (χ1) is 13.6. The first-order valence-electron chi connectivity index (χ1n) is 10.9. The van der Waals surface area contributed by atoms with Crippen LogP contribution in [0.3, 0.4) is 0 Å². The second-order valence-electron chi connectivity index (χ2n) is 8.43. The summed E-state index contributed by atoms with van der Waals surface area (Å²) >= 11 is 0. The molecule has 1 aromatic carbocycles. The molecule has 2 bridgehead atoms. The average molecular weight is 425 g/mol. The molecule has 2 heterocycles. The van der Waals surface area contributed by atoms with Gasteiger partial charge in [0.15, 0.2) is 11.5 Å². The Balaban J connectivity index is 0.00000300. The van der Waals surface area contributed by atoms with Crippen molar-refractivity contribution in [2.75, 3.05) is 13.7 Å². The summed E-state index contributed by atoms with van der Waals surface area (Å²) in [4.78, 5) is 12.6. The zero-order valence-corrected chi connectivity index (χ0v) is 18.9. The number of unbranched alkanes of at least 4 members (excludes halogenated alkanes) is 2. The highest BCUT2D eigenvalue weighted by Gasteiger charge is 2.34. The molecule has 1 amide bonds. The Morgan fingerprint density at radius 1 is 1.21 bits per heavy atom. The van der Waals surface area contributed by atoms with E-state index < -0.39 is 0 Å². The SMILES string of the molecule is CCCCCOc1ccc(C(C)NC(=O)CC2CC3CCC(C2)N3)cc1OC.Cl. The first kappa shape index (κ1) is 23.8. The third kappa shape index (κ3) is 6.78. The van der Waals surface area contributed by atoms with E-state index in [9.17, 15) is 4.79 Å². The topological polar surface area (TPSA) is 59.6 Å². The number of hydrogen-bond donors (Lipinski definition) is 2. The van der Waals surface area contributed by atoms with Gasteiger partial charge in [0, 0.05) is 18.5 Å². The summed E-state index contributed by atoms with van der Waals surface area (Å²) in [5.41, 5.74) is 1.04. The van der Waals surface area contributed by atoms with Gasteiger partial charge < -0.3 is 20.1 Å². The summed E-state index contributed by atoms with van der Waals surface area (Å²) in [5, 5.41) is 6.81. The van der Waals surface area contributed by atoms with Gasteiger partial charge in [-0.2, -0.15) is 0 Å². The van der Waals surface area contributed by atoms with Crippen LogP contribution in [0, 0.1) is 5.92 Å². The van der Waals surface area contributed by atoms with E-state index in [1.807, 2.05) is 25.1 Å². The van der Waals surface area contributed by atoms with Crippen molar-refractivity contribution >= 4 is 18.3 Å². The third-order valence-corrected chi connectivity index (χ3v) is 6.12. The lowest BCUT2D eigenvalue weighted by Gasteiger charge is -2.29. The van der Waals surface area contributed by atoms with Crippen molar-refractivity contribution in [3.05, 3.63) is 23.8 Å². The number of rotatable bonds is 10. The lowest BCUT2D eigenvalue weighted by atomic mass is 9.89. The molecular weight excluding hydrogens is 388 g/mol. The van der Waals surface area contributed by atoms with E-state index in [4.69, 9.17) is 9.47 Å². The molecule has 2 aliphatic heterocycles. The highest BCUT2D eigenvalue weighted by molar-refractivity contribution is 5.85. The van der Waals surface area contributed by atoms with Gasteiger partial charge in [0.25, 0.3) is 0 Å². The molecule has 6 heteroatoms. The number of methoxy groups -OCH3 is 1. The number of ether oxygens (including phenoxy) is 2. The Morgan fingerprint density at radius 3 is 2.59 bits per heavy atom. The lowest BCUT2D eigenvalue weighted by Crippen LogP contribution is -2.40. The molecule has 5 nitrogen and oxygen atoms in total. The van der Waals surface area contributed by atoms with E-state index in [1.54, 1.807) is 7.11 Å². The van der Waals surface area contributed by atoms with Gasteiger partial charge in [0.2, 0.25) is 5.91 Å². The van der Waals surface area contributed by atoms with Crippen LogP contribution >= 0.6 is 12.4 Å². The predicted molar refractivity (Wildman–Crippen MR) is 119 cm³/mol. The maximum absolute atomic E-state index is 12.6. The quantitative estimate of drug-likeness (QED) is 0.530. The van der Waals surface area contributed by atoms with Gasteiger partial charge in [-0.1, -0.05) is 25.8 Å². The van der Waals surface area contributed by atoms with E-state index in [0.717, 1.165) is 36.3 Å². The number of carbonyl (C=O) groups is 1.